The molecule has 0 saturated carbocycles. The molecule has 1 aromatic carbocycles. The van der Waals surface area contributed by atoms with E-state index in [1.54, 1.807) is 18.0 Å². The molecule has 2 heterocycles. The summed E-state index contributed by atoms with van der Waals surface area (Å²) in [6, 6.07) is 10.1. The van der Waals surface area contributed by atoms with E-state index >= 15 is 0 Å². The molecule has 2 aromatic rings. The predicted octanol–water partition coefficient (Wildman–Crippen LogP) is 3.56. The third kappa shape index (κ3) is 2.64. The molecule has 0 radical (unpaired) electrons. The molecule has 3 nitrogen and oxygen atoms in total. The zero-order valence-corrected chi connectivity index (χ0v) is 13.7. The van der Waals surface area contributed by atoms with Crippen LogP contribution in [0, 0.1) is 13.8 Å². The van der Waals surface area contributed by atoms with Crippen molar-refractivity contribution < 1.29 is 5.11 Å². The van der Waals surface area contributed by atoms with Gasteiger partial charge in [-0.3, -0.25) is 4.98 Å². The van der Waals surface area contributed by atoms with Crippen LogP contribution in [0.5, 0.6) is 0 Å². The van der Waals surface area contributed by atoms with E-state index in [1.807, 2.05) is 30.2 Å². The van der Waals surface area contributed by atoms with E-state index in [-0.39, 0.29) is 0 Å². The van der Waals surface area contributed by atoms with E-state index in [0.717, 1.165) is 27.3 Å². The molecule has 0 aliphatic carbocycles. The fourth-order valence-corrected chi connectivity index (χ4v) is 3.88. The smallest absolute Gasteiger partial charge is 0.174 e. The molecule has 0 bridgehead atoms. The topological polar surface area (TPSA) is 36.4 Å². The van der Waals surface area contributed by atoms with Crippen molar-refractivity contribution >= 4 is 11.8 Å². The van der Waals surface area contributed by atoms with Crippen molar-refractivity contribution in [3.63, 3.8) is 0 Å². The Balaban J connectivity index is 2.00. The summed E-state index contributed by atoms with van der Waals surface area (Å²) < 4.78 is 0. The van der Waals surface area contributed by atoms with Gasteiger partial charge in [-0.05, 0) is 31.0 Å². The van der Waals surface area contributed by atoms with Crippen LogP contribution < -0.4 is 0 Å². The molecule has 3 rings (SSSR count). The van der Waals surface area contributed by atoms with Gasteiger partial charge in [-0.2, -0.15) is 0 Å². The quantitative estimate of drug-likeness (QED) is 0.940. The number of hydrogen-bond acceptors (Lipinski definition) is 4. The molecule has 1 aliphatic rings. The number of thioether (sulfide) groups is 1. The van der Waals surface area contributed by atoms with Crippen molar-refractivity contribution in [3.8, 4) is 0 Å². The predicted molar refractivity (Wildman–Crippen MR) is 91.2 cm³/mol. The number of hydrogen-bond donors (Lipinski definition) is 1. The van der Waals surface area contributed by atoms with Crippen LogP contribution in [0.2, 0.25) is 0 Å². The van der Waals surface area contributed by atoms with Crippen molar-refractivity contribution in [2.75, 3.05) is 5.75 Å². The normalized spacial score (nSPS) is 21.4. The first-order valence-electron chi connectivity index (χ1n) is 7.29. The van der Waals surface area contributed by atoms with E-state index in [1.165, 1.54) is 0 Å². The number of rotatable bonds is 3. The van der Waals surface area contributed by atoms with Crippen molar-refractivity contribution in [1.29, 1.82) is 0 Å². The van der Waals surface area contributed by atoms with Crippen LogP contribution in [0.4, 0.5) is 0 Å². The van der Waals surface area contributed by atoms with Gasteiger partial charge in [-0.15, -0.1) is 11.8 Å². The van der Waals surface area contributed by atoms with Crippen molar-refractivity contribution in [2.24, 2.45) is 0 Å². The zero-order chi connectivity index (χ0) is 15.7. The maximum atomic E-state index is 11.4. The summed E-state index contributed by atoms with van der Waals surface area (Å²) >= 11 is 1.60. The lowest BCUT2D eigenvalue weighted by Gasteiger charge is -2.36. The Morgan fingerprint density at radius 1 is 1.36 bits per heavy atom. The summed E-state index contributed by atoms with van der Waals surface area (Å²) in [6.45, 7) is 8.81. The lowest BCUT2D eigenvalue weighted by atomic mass is 9.95. The van der Waals surface area contributed by atoms with Gasteiger partial charge in [0.05, 0.1) is 10.8 Å². The van der Waals surface area contributed by atoms with Gasteiger partial charge in [0.1, 0.15) is 0 Å². The highest BCUT2D eigenvalue weighted by Gasteiger charge is 2.43. The first kappa shape index (κ1) is 15.1. The average Bonchev–Trinajstić information content (AvgIpc) is 2.80. The highest BCUT2D eigenvalue weighted by Crippen LogP contribution is 2.45. The van der Waals surface area contributed by atoms with Gasteiger partial charge in [-0.1, -0.05) is 36.4 Å². The number of aryl methyl sites for hydroxylation is 2. The van der Waals surface area contributed by atoms with Crippen molar-refractivity contribution in [1.82, 2.24) is 9.88 Å². The monoisotopic (exact) mass is 312 g/mol. The SMILES string of the molecule is C=C1SCC(O)(c2cc(C)ccc2C)N1Cc1cccnc1. The van der Waals surface area contributed by atoms with E-state index in [4.69, 9.17) is 0 Å². The Morgan fingerprint density at radius 2 is 2.18 bits per heavy atom. The van der Waals surface area contributed by atoms with Crippen molar-refractivity contribution in [3.05, 3.63) is 76.6 Å². The molecular weight excluding hydrogens is 292 g/mol. The van der Waals surface area contributed by atoms with Gasteiger partial charge in [0, 0.05) is 24.5 Å². The number of benzene rings is 1. The highest BCUT2D eigenvalue weighted by molar-refractivity contribution is 8.03. The van der Waals surface area contributed by atoms with Crippen LogP contribution in [0.15, 0.2) is 54.3 Å². The Bertz CT molecular complexity index is 701. The molecule has 22 heavy (non-hydrogen) atoms. The standard InChI is InChI=1S/C18H20N2OS/c1-13-6-7-14(2)17(9-13)18(21)12-22-15(3)20(18)11-16-5-4-8-19-10-16/h4-10,21H,3,11-12H2,1-2H3. The Morgan fingerprint density at radius 3 is 2.91 bits per heavy atom. The number of pyridine rings is 1. The minimum atomic E-state index is -1.02. The number of aromatic nitrogens is 1. The molecule has 1 N–H and O–H groups in total. The summed E-state index contributed by atoms with van der Waals surface area (Å²) in [6.07, 6.45) is 3.59. The molecule has 114 valence electrons. The maximum Gasteiger partial charge on any atom is 0.174 e. The van der Waals surface area contributed by atoms with Crippen LogP contribution >= 0.6 is 11.8 Å². The van der Waals surface area contributed by atoms with Crippen LogP contribution in [0.3, 0.4) is 0 Å². The zero-order valence-electron chi connectivity index (χ0n) is 12.9. The molecule has 1 unspecified atom stereocenters. The minimum Gasteiger partial charge on any atom is -0.366 e. The average molecular weight is 312 g/mol. The summed E-state index contributed by atoms with van der Waals surface area (Å²) in [5, 5.41) is 12.3. The Hall–Kier alpha value is -1.78. The lowest BCUT2D eigenvalue weighted by Crippen LogP contribution is -2.42. The number of aliphatic hydroxyl groups is 1. The summed E-state index contributed by atoms with van der Waals surface area (Å²) in [5.74, 6) is 0.594. The van der Waals surface area contributed by atoms with Gasteiger partial charge in [0.15, 0.2) is 5.72 Å². The van der Waals surface area contributed by atoms with Gasteiger partial charge in [0.25, 0.3) is 0 Å². The molecule has 0 spiro atoms. The summed E-state index contributed by atoms with van der Waals surface area (Å²) in [4.78, 5) is 6.14. The fourth-order valence-electron chi connectivity index (χ4n) is 2.83. The van der Waals surface area contributed by atoms with Crippen LogP contribution in [0.1, 0.15) is 22.3 Å². The highest BCUT2D eigenvalue weighted by atomic mass is 32.2. The maximum absolute atomic E-state index is 11.4. The molecule has 1 aromatic heterocycles. The summed E-state index contributed by atoms with van der Waals surface area (Å²) in [5.41, 5.74) is 3.25. The first-order chi connectivity index (χ1) is 10.5. The van der Waals surface area contributed by atoms with Crippen LogP contribution in [0.25, 0.3) is 0 Å². The third-order valence-electron chi connectivity index (χ3n) is 4.08. The molecule has 0 amide bonds. The van der Waals surface area contributed by atoms with Gasteiger partial charge in [0.2, 0.25) is 0 Å². The summed E-state index contributed by atoms with van der Waals surface area (Å²) in [7, 11) is 0. The number of nitrogens with zero attached hydrogens (tertiary/aromatic N) is 2. The minimum absolute atomic E-state index is 0.594. The molecule has 1 saturated heterocycles. The molecule has 4 heteroatoms. The van der Waals surface area contributed by atoms with Gasteiger partial charge in [-0.25, -0.2) is 0 Å². The molecule has 1 fully saturated rings. The third-order valence-corrected chi connectivity index (χ3v) is 5.18. The van der Waals surface area contributed by atoms with E-state index in [9.17, 15) is 5.11 Å². The fraction of sp³-hybridized carbons (Fsp3) is 0.278. The molecule has 1 aliphatic heterocycles. The van der Waals surface area contributed by atoms with E-state index in [0.29, 0.717) is 12.3 Å². The second-order valence-corrected chi connectivity index (χ2v) is 6.81. The second kappa shape index (κ2) is 5.78. The van der Waals surface area contributed by atoms with Gasteiger partial charge < -0.3 is 10.0 Å². The van der Waals surface area contributed by atoms with Crippen LogP contribution in [-0.2, 0) is 12.3 Å². The molecule has 1 atom stereocenters. The Labute approximate surface area is 135 Å². The van der Waals surface area contributed by atoms with E-state index < -0.39 is 5.72 Å². The van der Waals surface area contributed by atoms with E-state index in [2.05, 4.69) is 36.7 Å². The Kier molecular flexibility index (Phi) is 3.98. The first-order valence-corrected chi connectivity index (χ1v) is 8.27. The lowest BCUT2D eigenvalue weighted by molar-refractivity contribution is -0.0687. The van der Waals surface area contributed by atoms with Crippen molar-refractivity contribution in [2.45, 2.75) is 26.1 Å². The van der Waals surface area contributed by atoms with Crippen LogP contribution in [-0.4, -0.2) is 20.7 Å². The second-order valence-electron chi connectivity index (χ2n) is 5.76. The largest absolute Gasteiger partial charge is 0.366 e. The van der Waals surface area contributed by atoms with Gasteiger partial charge >= 0.3 is 0 Å². The molecular formula is C18H20N2OS.